The van der Waals surface area contributed by atoms with Crippen LogP contribution in [0.1, 0.15) is 110 Å². The maximum absolute atomic E-state index is 12.4. The summed E-state index contributed by atoms with van der Waals surface area (Å²) in [5.74, 6) is 1.54. The van der Waals surface area contributed by atoms with E-state index in [1.54, 1.807) is 4.57 Å². The van der Waals surface area contributed by atoms with Gasteiger partial charge in [-0.05, 0) is 31.4 Å². The lowest BCUT2D eigenvalue weighted by Crippen LogP contribution is -2.15. The van der Waals surface area contributed by atoms with Crippen LogP contribution in [0.3, 0.4) is 0 Å². The average molecular weight is 429 g/mol. The van der Waals surface area contributed by atoms with Crippen LogP contribution >= 0.6 is 0 Å². The zero-order valence-corrected chi connectivity index (χ0v) is 20.2. The number of carbonyl (C=O) groups is 1. The predicted molar refractivity (Wildman–Crippen MR) is 131 cm³/mol. The lowest BCUT2D eigenvalue weighted by atomic mass is 10.0. The van der Waals surface area contributed by atoms with Gasteiger partial charge in [-0.2, -0.15) is 0 Å². The largest absolute Gasteiger partial charge is 0.449 e. The number of fused-ring (bicyclic) bond motifs is 1. The smallest absolute Gasteiger partial charge is 0.419 e. The molecule has 0 amide bonds. The quantitative estimate of drug-likeness (QED) is 0.252. The number of carbonyl (C=O) groups excluding carboxylic acids is 1. The van der Waals surface area contributed by atoms with Crippen molar-refractivity contribution in [1.82, 2.24) is 9.55 Å². The van der Waals surface area contributed by atoms with E-state index in [1.807, 2.05) is 31.2 Å². The third-order valence-corrected chi connectivity index (χ3v) is 6.06. The van der Waals surface area contributed by atoms with Gasteiger partial charge >= 0.3 is 6.09 Å². The van der Waals surface area contributed by atoms with Crippen molar-refractivity contribution in [1.29, 1.82) is 0 Å². The Labute approximate surface area is 189 Å². The molecule has 0 aliphatic rings. The number of aryl methyl sites for hydroxylation is 1. The third-order valence-electron chi connectivity index (χ3n) is 6.06. The molecular formula is C27H44N2O2. The zero-order chi connectivity index (χ0) is 22.3. The van der Waals surface area contributed by atoms with Crippen LogP contribution in [0.2, 0.25) is 0 Å². The highest BCUT2D eigenvalue weighted by Gasteiger charge is 2.14. The Morgan fingerprint density at radius 2 is 1.35 bits per heavy atom. The predicted octanol–water partition coefficient (Wildman–Crippen LogP) is 8.45. The van der Waals surface area contributed by atoms with Crippen molar-refractivity contribution >= 4 is 17.1 Å². The van der Waals surface area contributed by atoms with Gasteiger partial charge in [0.2, 0.25) is 0 Å². The summed E-state index contributed by atoms with van der Waals surface area (Å²) < 4.78 is 7.05. The number of rotatable bonds is 16. The molecule has 0 saturated heterocycles. The van der Waals surface area contributed by atoms with Gasteiger partial charge in [-0.3, -0.25) is 0 Å². The van der Waals surface area contributed by atoms with Crippen molar-refractivity contribution in [2.75, 3.05) is 6.61 Å². The van der Waals surface area contributed by atoms with Crippen LogP contribution in [0, 0.1) is 12.8 Å². The van der Waals surface area contributed by atoms with E-state index in [0.717, 1.165) is 29.8 Å². The average Bonchev–Trinajstić information content (AvgIpc) is 3.08. The molecular weight excluding hydrogens is 384 g/mol. The van der Waals surface area contributed by atoms with Crippen LogP contribution in [0.25, 0.3) is 11.0 Å². The molecule has 0 spiro atoms. The van der Waals surface area contributed by atoms with E-state index in [1.165, 1.54) is 77.0 Å². The normalized spacial score (nSPS) is 11.5. The van der Waals surface area contributed by atoms with Gasteiger partial charge in [0, 0.05) is 0 Å². The summed E-state index contributed by atoms with van der Waals surface area (Å²) in [5, 5.41) is 0. The molecule has 2 rings (SSSR count). The molecule has 0 fully saturated rings. The van der Waals surface area contributed by atoms with E-state index >= 15 is 0 Å². The SMILES string of the molecule is Cc1nc2ccccc2n1C(=O)OCCCCCCCCCCCCCCCC(C)C. The number of hydrogen-bond acceptors (Lipinski definition) is 3. The molecule has 0 atom stereocenters. The summed E-state index contributed by atoms with van der Waals surface area (Å²) in [5.41, 5.74) is 1.65. The van der Waals surface area contributed by atoms with Crippen LogP contribution in [0.4, 0.5) is 4.79 Å². The van der Waals surface area contributed by atoms with Gasteiger partial charge in [-0.25, -0.2) is 14.3 Å². The molecule has 4 nitrogen and oxygen atoms in total. The second kappa shape index (κ2) is 15.0. The fraction of sp³-hybridized carbons (Fsp3) is 0.704. The summed E-state index contributed by atoms with van der Waals surface area (Å²) in [7, 11) is 0. The summed E-state index contributed by atoms with van der Waals surface area (Å²) in [6.07, 6.45) is 18.3. The van der Waals surface area contributed by atoms with Crippen LogP contribution < -0.4 is 0 Å². The number of aromatic nitrogens is 2. The summed E-state index contributed by atoms with van der Waals surface area (Å²) >= 11 is 0. The Bertz CT molecular complexity index is 751. The zero-order valence-electron chi connectivity index (χ0n) is 20.2. The highest BCUT2D eigenvalue weighted by atomic mass is 16.5. The first-order valence-electron chi connectivity index (χ1n) is 12.7. The van der Waals surface area contributed by atoms with Gasteiger partial charge in [0.1, 0.15) is 5.82 Å². The van der Waals surface area contributed by atoms with E-state index in [-0.39, 0.29) is 6.09 Å². The highest BCUT2D eigenvalue weighted by Crippen LogP contribution is 2.17. The molecule has 0 aliphatic heterocycles. The number of ether oxygens (including phenoxy) is 1. The minimum atomic E-state index is -0.314. The van der Waals surface area contributed by atoms with Gasteiger partial charge < -0.3 is 4.74 Å². The fourth-order valence-electron chi connectivity index (χ4n) is 4.20. The van der Waals surface area contributed by atoms with Gasteiger partial charge in [-0.1, -0.05) is 109 Å². The number of para-hydroxylation sites is 2. The molecule has 1 aromatic carbocycles. The van der Waals surface area contributed by atoms with Gasteiger partial charge in [-0.15, -0.1) is 0 Å². The molecule has 0 bridgehead atoms. The minimum absolute atomic E-state index is 0.314. The molecule has 1 heterocycles. The molecule has 0 N–H and O–H groups in total. The van der Waals surface area contributed by atoms with E-state index in [4.69, 9.17) is 4.74 Å². The number of benzene rings is 1. The van der Waals surface area contributed by atoms with Crippen molar-refractivity contribution in [3.8, 4) is 0 Å². The van der Waals surface area contributed by atoms with Crippen molar-refractivity contribution in [3.05, 3.63) is 30.1 Å². The summed E-state index contributed by atoms with van der Waals surface area (Å²) in [6.45, 7) is 6.97. The lowest BCUT2D eigenvalue weighted by Gasteiger charge is -2.07. The van der Waals surface area contributed by atoms with Gasteiger partial charge in [0.15, 0.2) is 0 Å². The summed E-state index contributed by atoms with van der Waals surface area (Å²) in [4.78, 5) is 16.8. The maximum Gasteiger partial charge on any atom is 0.419 e. The van der Waals surface area contributed by atoms with Crippen molar-refractivity contribution in [3.63, 3.8) is 0 Å². The van der Waals surface area contributed by atoms with E-state index in [9.17, 15) is 4.79 Å². The first kappa shape index (κ1) is 25.4. The topological polar surface area (TPSA) is 44.1 Å². The van der Waals surface area contributed by atoms with Gasteiger partial charge in [0.25, 0.3) is 0 Å². The summed E-state index contributed by atoms with van der Waals surface area (Å²) in [6, 6.07) is 7.67. The molecule has 0 saturated carbocycles. The number of nitrogens with zero attached hydrogens (tertiary/aromatic N) is 2. The van der Waals surface area contributed by atoms with Crippen LogP contribution in [0.5, 0.6) is 0 Å². The molecule has 0 radical (unpaired) electrons. The maximum atomic E-state index is 12.4. The van der Waals surface area contributed by atoms with Gasteiger partial charge in [0.05, 0.1) is 17.6 Å². The Morgan fingerprint density at radius 1 is 0.839 bits per heavy atom. The first-order valence-corrected chi connectivity index (χ1v) is 12.7. The molecule has 0 aliphatic carbocycles. The second-order valence-electron chi connectivity index (χ2n) is 9.38. The van der Waals surface area contributed by atoms with Crippen LogP contribution in [0.15, 0.2) is 24.3 Å². The molecule has 0 unspecified atom stereocenters. The van der Waals surface area contributed by atoms with Crippen molar-refractivity contribution < 1.29 is 9.53 Å². The molecule has 2 aromatic rings. The fourth-order valence-corrected chi connectivity index (χ4v) is 4.20. The standard InChI is InChI=1S/C27H44N2O2/c1-23(2)19-15-13-11-9-7-5-4-6-8-10-12-14-18-22-31-27(30)29-24(3)28-25-20-16-17-21-26(25)29/h16-17,20-21,23H,4-15,18-19,22H2,1-3H3. The molecule has 31 heavy (non-hydrogen) atoms. The first-order chi connectivity index (χ1) is 15.1. The third kappa shape index (κ3) is 9.88. The Morgan fingerprint density at radius 3 is 1.94 bits per heavy atom. The van der Waals surface area contributed by atoms with Crippen molar-refractivity contribution in [2.24, 2.45) is 5.92 Å². The van der Waals surface area contributed by atoms with Crippen molar-refractivity contribution in [2.45, 2.75) is 111 Å². The number of hydrogen-bond donors (Lipinski definition) is 0. The van der Waals surface area contributed by atoms with Crippen LogP contribution in [-0.2, 0) is 4.74 Å². The van der Waals surface area contributed by atoms with E-state index in [0.29, 0.717) is 12.4 Å². The van der Waals surface area contributed by atoms with E-state index in [2.05, 4.69) is 18.8 Å². The Kier molecular flexibility index (Phi) is 12.3. The highest BCUT2D eigenvalue weighted by molar-refractivity contribution is 5.87. The Hall–Kier alpha value is -1.84. The lowest BCUT2D eigenvalue weighted by molar-refractivity contribution is 0.146. The molecule has 1 aromatic heterocycles. The molecule has 4 heteroatoms. The van der Waals surface area contributed by atoms with Crippen LogP contribution in [-0.4, -0.2) is 22.3 Å². The Balaban J connectivity index is 1.40. The van der Waals surface area contributed by atoms with E-state index < -0.39 is 0 Å². The number of imidazole rings is 1. The second-order valence-corrected chi connectivity index (χ2v) is 9.38. The monoisotopic (exact) mass is 428 g/mol. The number of unbranched alkanes of at least 4 members (excludes halogenated alkanes) is 12. The molecule has 174 valence electrons. The minimum Gasteiger partial charge on any atom is -0.449 e.